The van der Waals surface area contributed by atoms with E-state index in [0.717, 1.165) is 12.8 Å². The number of hydrogen-bond acceptors (Lipinski definition) is 2. The molecule has 19 heavy (non-hydrogen) atoms. The second-order valence-corrected chi connectivity index (χ2v) is 6.27. The standard InChI is InChI=1S/C15H20FNOS/c1-9-5-10(2)7-11(6-9)17-15(18)13-8-12(19)3-4-14(13)16/h3-4,8-11,19H,5-7H2,1-2H3,(H,17,18). The maximum Gasteiger partial charge on any atom is 0.254 e. The van der Waals surface area contributed by atoms with E-state index < -0.39 is 5.82 Å². The largest absolute Gasteiger partial charge is 0.349 e. The van der Waals surface area contributed by atoms with Crippen LogP contribution in [0, 0.1) is 17.7 Å². The van der Waals surface area contributed by atoms with E-state index in [1.807, 2.05) is 0 Å². The summed E-state index contributed by atoms with van der Waals surface area (Å²) in [5.41, 5.74) is 0.0818. The zero-order valence-corrected chi connectivity index (χ0v) is 12.2. The van der Waals surface area contributed by atoms with Gasteiger partial charge in [0.05, 0.1) is 5.56 Å². The second-order valence-electron chi connectivity index (χ2n) is 5.75. The summed E-state index contributed by atoms with van der Waals surface area (Å²) in [6.45, 7) is 4.40. The van der Waals surface area contributed by atoms with E-state index in [4.69, 9.17) is 0 Å². The average Bonchev–Trinajstić information content (AvgIpc) is 2.30. The van der Waals surface area contributed by atoms with Gasteiger partial charge in [0.1, 0.15) is 5.82 Å². The third kappa shape index (κ3) is 3.72. The average molecular weight is 281 g/mol. The number of amides is 1. The summed E-state index contributed by atoms with van der Waals surface area (Å²) in [6, 6.07) is 4.45. The Labute approximate surface area is 119 Å². The smallest absolute Gasteiger partial charge is 0.254 e. The number of benzene rings is 1. The number of thiol groups is 1. The molecule has 0 saturated heterocycles. The van der Waals surface area contributed by atoms with Crippen LogP contribution in [-0.2, 0) is 0 Å². The molecular formula is C15H20FNOS. The van der Waals surface area contributed by atoms with Crippen LogP contribution in [0.3, 0.4) is 0 Å². The highest BCUT2D eigenvalue weighted by Gasteiger charge is 2.26. The summed E-state index contributed by atoms with van der Waals surface area (Å²) < 4.78 is 13.6. The molecular weight excluding hydrogens is 261 g/mol. The topological polar surface area (TPSA) is 29.1 Å². The van der Waals surface area contributed by atoms with Gasteiger partial charge in [-0.15, -0.1) is 12.6 Å². The fraction of sp³-hybridized carbons (Fsp3) is 0.533. The van der Waals surface area contributed by atoms with Crippen molar-refractivity contribution in [1.29, 1.82) is 0 Å². The van der Waals surface area contributed by atoms with Crippen molar-refractivity contribution in [3.63, 3.8) is 0 Å². The van der Waals surface area contributed by atoms with Crippen molar-refractivity contribution in [3.8, 4) is 0 Å². The molecule has 0 spiro atoms. The van der Waals surface area contributed by atoms with Gasteiger partial charge in [0.2, 0.25) is 0 Å². The molecule has 0 bridgehead atoms. The highest BCUT2D eigenvalue weighted by Crippen LogP contribution is 2.28. The Kier molecular flexibility index (Phi) is 4.50. The van der Waals surface area contributed by atoms with Crippen molar-refractivity contribution < 1.29 is 9.18 Å². The molecule has 104 valence electrons. The van der Waals surface area contributed by atoms with E-state index in [-0.39, 0.29) is 17.5 Å². The fourth-order valence-electron chi connectivity index (χ4n) is 3.02. The van der Waals surface area contributed by atoms with Gasteiger partial charge in [-0.1, -0.05) is 13.8 Å². The SMILES string of the molecule is CC1CC(C)CC(NC(=O)c2cc(S)ccc2F)C1. The quantitative estimate of drug-likeness (QED) is 0.796. The lowest BCUT2D eigenvalue weighted by Gasteiger charge is -2.32. The van der Waals surface area contributed by atoms with Crippen LogP contribution < -0.4 is 5.32 Å². The van der Waals surface area contributed by atoms with Gasteiger partial charge in [0.25, 0.3) is 5.91 Å². The number of halogens is 1. The van der Waals surface area contributed by atoms with Gasteiger partial charge in [-0.25, -0.2) is 4.39 Å². The molecule has 1 amide bonds. The number of hydrogen-bond donors (Lipinski definition) is 2. The van der Waals surface area contributed by atoms with Crippen molar-refractivity contribution in [2.75, 3.05) is 0 Å². The first-order valence-electron chi connectivity index (χ1n) is 6.75. The maximum atomic E-state index is 13.6. The molecule has 1 fully saturated rings. The lowest BCUT2D eigenvalue weighted by molar-refractivity contribution is 0.0907. The summed E-state index contributed by atoms with van der Waals surface area (Å²) in [6.07, 6.45) is 3.14. The van der Waals surface area contributed by atoms with Crippen molar-refractivity contribution in [1.82, 2.24) is 5.32 Å². The molecule has 0 heterocycles. The van der Waals surface area contributed by atoms with Crippen LogP contribution >= 0.6 is 12.6 Å². The van der Waals surface area contributed by atoms with Gasteiger partial charge < -0.3 is 5.32 Å². The minimum atomic E-state index is -0.493. The number of nitrogens with one attached hydrogen (secondary N) is 1. The summed E-state index contributed by atoms with van der Waals surface area (Å²) in [4.78, 5) is 12.7. The minimum Gasteiger partial charge on any atom is -0.349 e. The third-order valence-electron chi connectivity index (χ3n) is 3.71. The first kappa shape index (κ1) is 14.4. The van der Waals surface area contributed by atoms with E-state index in [2.05, 4.69) is 31.8 Å². The molecule has 1 aromatic carbocycles. The molecule has 2 nitrogen and oxygen atoms in total. The number of carbonyl (C=O) groups is 1. The summed E-state index contributed by atoms with van der Waals surface area (Å²) in [5.74, 6) is 0.386. The van der Waals surface area contributed by atoms with Crippen LogP contribution in [0.2, 0.25) is 0 Å². The van der Waals surface area contributed by atoms with Gasteiger partial charge in [-0.05, 0) is 49.3 Å². The lowest BCUT2D eigenvalue weighted by atomic mass is 9.80. The van der Waals surface area contributed by atoms with Gasteiger partial charge in [-0.3, -0.25) is 4.79 Å². The molecule has 0 aromatic heterocycles. The Morgan fingerprint density at radius 2 is 1.89 bits per heavy atom. The van der Waals surface area contributed by atoms with E-state index in [1.165, 1.54) is 18.6 Å². The Bertz CT molecular complexity index is 467. The van der Waals surface area contributed by atoms with E-state index in [9.17, 15) is 9.18 Å². The molecule has 4 heteroatoms. The Morgan fingerprint density at radius 1 is 1.26 bits per heavy atom. The van der Waals surface area contributed by atoms with Crippen molar-refractivity contribution in [2.45, 2.75) is 44.0 Å². The lowest BCUT2D eigenvalue weighted by Crippen LogP contribution is -2.40. The first-order chi connectivity index (χ1) is 8.95. The zero-order chi connectivity index (χ0) is 14.0. The Hall–Kier alpha value is -1.03. The van der Waals surface area contributed by atoms with E-state index in [1.54, 1.807) is 6.07 Å². The van der Waals surface area contributed by atoms with Gasteiger partial charge in [0.15, 0.2) is 0 Å². The third-order valence-corrected chi connectivity index (χ3v) is 3.99. The van der Waals surface area contributed by atoms with Gasteiger partial charge in [-0.2, -0.15) is 0 Å². The molecule has 2 atom stereocenters. The molecule has 2 unspecified atom stereocenters. The zero-order valence-electron chi connectivity index (χ0n) is 11.3. The van der Waals surface area contributed by atoms with Crippen LogP contribution in [0.25, 0.3) is 0 Å². The Balaban J connectivity index is 2.06. The molecule has 0 aliphatic heterocycles. The van der Waals surface area contributed by atoms with Crippen molar-refractivity contribution >= 4 is 18.5 Å². The van der Waals surface area contributed by atoms with Crippen LogP contribution in [0.15, 0.2) is 23.1 Å². The molecule has 1 aliphatic carbocycles. The van der Waals surface area contributed by atoms with Crippen molar-refractivity contribution in [3.05, 3.63) is 29.6 Å². The number of carbonyl (C=O) groups excluding carboxylic acids is 1. The normalized spacial score (nSPS) is 27.1. The highest BCUT2D eigenvalue weighted by atomic mass is 32.1. The fourth-order valence-corrected chi connectivity index (χ4v) is 3.22. The Morgan fingerprint density at radius 3 is 2.53 bits per heavy atom. The minimum absolute atomic E-state index is 0.0818. The monoisotopic (exact) mass is 281 g/mol. The number of rotatable bonds is 2. The van der Waals surface area contributed by atoms with E-state index >= 15 is 0 Å². The predicted octanol–water partition coefficient (Wildman–Crippen LogP) is 3.67. The van der Waals surface area contributed by atoms with Gasteiger partial charge >= 0.3 is 0 Å². The predicted molar refractivity (Wildman–Crippen MR) is 77.1 cm³/mol. The van der Waals surface area contributed by atoms with Crippen LogP contribution in [0.5, 0.6) is 0 Å². The summed E-state index contributed by atoms with van der Waals surface area (Å²) in [5, 5.41) is 2.95. The van der Waals surface area contributed by atoms with Crippen LogP contribution in [0.4, 0.5) is 4.39 Å². The molecule has 1 aromatic rings. The molecule has 1 N–H and O–H groups in total. The summed E-state index contributed by atoms with van der Waals surface area (Å²) in [7, 11) is 0. The van der Waals surface area contributed by atoms with E-state index in [0.29, 0.717) is 16.7 Å². The maximum absolute atomic E-state index is 13.6. The highest BCUT2D eigenvalue weighted by molar-refractivity contribution is 7.80. The second kappa shape index (κ2) is 5.95. The molecule has 1 aliphatic rings. The van der Waals surface area contributed by atoms with Crippen molar-refractivity contribution in [2.24, 2.45) is 11.8 Å². The molecule has 1 saturated carbocycles. The molecule has 2 rings (SSSR count). The van der Waals surface area contributed by atoms with Crippen LogP contribution in [-0.4, -0.2) is 11.9 Å². The summed E-state index contributed by atoms with van der Waals surface area (Å²) >= 11 is 4.14. The van der Waals surface area contributed by atoms with Gasteiger partial charge in [0, 0.05) is 10.9 Å². The first-order valence-corrected chi connectivity index (χ1v) is 7.19. The van der Waals surface area contributed by atoms with Crippen LogP contribution in [0.1, 0.15) is 43.5 Å². The molecule has 0 radical (unpaired) electrons.